The lowest BCUT2D eigenvalue weighted by Gasteiger charge is -2.27. The van der Waals surface area contributed by atoms with Crippen LogP contribution in [0.3, 0.4) is 0 Å². The van der Waals surface area contributed by atoms with E-state index in [0.29, 0.717) is 11.8 Å². The summed E-state index contributed by atoms with van der Waals surface area (Å²) < 4.78 is 0. The van der Waals surface area contributed by atoms with Crippen molar-refractivity contribution in [3.8, 4) is 0 Å². The van der Waals surface area contributed by atoms with Gasteiger partial charge in [0.15, 0.2) is 0 Å². The Morgan fingerprint density at radius 2 is 2.07 bits per heavy atom. The fourth-order valence-electron chi connectivity index (χ4n) is 2.40. The maximum absolute atomic E-state index is 10.5. The van der Waals surface area contributed by atoms with Gasteiger partial charge in [-0.1, -0.05) is 25.3 Å². The van der Waals surface area contributed by atoms with E-state index >= 15 is 0 Å². The molecule has 0 aromatic rings. The highest BCUT2D eigenvalue weighted by Crippen LogP contribution is 2.32. The summed E-state index contributed by atoms with van der Waals surface area (Å²) in [5.41, 5.74) is 0. The van der Waals surface area contributed by atoms with E-state index in [2.05, 4.69) is 6.58 Å². The topological polar surface area (TPSA) is 37.3 Å². The van der Waals surface area contributed by atoms with Crippen LogP contribution in [0.15, 0.2) is 12.7 Å². The van der Waals surface area contributed by atoms with Crippen molar-refractivity contribution in [1.82, 2.24) is 0 Å². The number of hydrogen-bond acceptors (Lipinski definition) is 1. The molecule has 14 heavy (non-hydrogen) atoms. The molecule has 0 bridgehead atoms. The third-order valence-corrected chi connectivity index (χ3v) is 3.25. The van der Waals surface area contributed by atoms with Crippen LogP contribution in [0.4, 0.5) is 0 Å². The van der Waals surface area contributed by atoms with Crippen molar-refractivity contribution in [3.05, 3.63) is 12.7 Å². The van der Waals surface area contributed by atoms with Crippen LogP contribution in [0.5, 0.6) is 0 Å². The molecular formula is C12H20O2. The van der Waals surface area contributed by atoms with Crippen LogP contribution in [-0.2, 0) is 4.79 Å². The highest BCUT2D eigenvalue weighted by Gasteiger charge is 2.21. The Morgan fingerprint density at radius 1 is 1.43 bits per heavy atom. The molecule has 2 nitrogen and oxygen atoms in total. The molecule has 1 unspecified atom stereocenters. The minimum Gasteiger partial charge on any atom is -0.481 e. The Bertz CT molecular complexity index is 192. The molecule has 80 valence electrons. The van der Waals surface area contributed by atoms with Gasteiger partial charge in [-0.05, 0) is 31.1 Å². The van der Waals surface area contributed by atoms with Gasteiger partial charge in [-0.3, -0.25) is 4.79 Å². The van der Waals surface area contributed by atoms with Crippen molar-refractivity contribution in [2.45, 2.75) is 44.9 Å². The minimum absolute atomic E-state index is 0.285. The van der Waals surface area contributed by atoms with Crippen molar-refractivity contribution in [3.63, 3.8) is 0 Å². The maximum atomic E-state index is 10.5. The Balaban J connectivity index is 2.35. The quantitative estimate of drug-likeness (QED) is 0.685. The Kier molecular flexibility index (Phi) is 4.71. The average molecular weight is 196 g/mol. The lowest BCUT2D eigenvalue weighted by atomic mass is 9.78. The molecule has 0 saturated heterocycles. The van der Waals surface area contributed by atoms with Crippen LogP contribution >= 0.6 is 0 Å². The second kappa shape index (κ2) is 5.84. The van der Waals surface area contributed by atoms with Crippen molar-refractivity contribution < 1.29 is 9.90 Å². The zero-order valence-corrected chi connectivity index (χ0v) is 8.74. The first-order chi connectivity index (χ1) is 6.74. The van der Waals surface area contributed by atoms with Gasteiger partial charge in [-0.2, -0.15) is 0 Å². The van der Waals surface area contributed by atoms with Gasteiger partial charge in [0.05, 0.1) is 0 Å². The smallest absolute Gasteiger partial charge is 0.303 e. The van der Waals surface area contributed by atoms with Crippen LogP contribution < -0.4 is 0 Å². The summed E-state index contributed by atoms with van der Waals surface area (Å²) in [5.74, 6) is 0.430. The van der Waals surface area contributed by atoms with E-state index < -0.39 is 5.97 Å². The standard InChI is InChI=1S/C12H20O2/c1-2-10(8-9-12(13)14)11-6-4-3-5-7-11/h2,10-11H,1,3-9H2,(H,13,14). The summed E-state index contributed by atoms with van der Waals surface area (Å²) in [5, 5.41) is 8.62. The monoisotopic (exact) mass is 196 g/mol. The highest BCUT2D eigenvalue weighted by atomic mass is 16.4. The van der Waals surface area contributed by atoms with Crippen molar-refractivity contribution >= 4 is 5.97 Å². The van der Waals surface area contributed by atoms with Gasteiger partial charge in [0.25, 0.3) is 0 Å². The zero-order chi connectivity index (χ0) is 10.4. The predicted octanol–water partition coefficient (Wildman–Crippen LogP) is 3.23. The van der Waals surface area contributed by atoms with Crippen LogP contribution in [-0.4, -0.2) is 11.1 Å². The Morgan fingerprint density at radius 3 is 2.57 bits per heavy atom. The molecule has 0 amide bonds. The summed E-state index contributed by atoms with van der Waals surface area (Å²) in [7, 11) is 0. The third kappa shape index (κ3) is 3.52. The molecular weight excluding hydrogens is 176 g/mol. The first kappa shape index (κ1) is 11.3. The number of carboxylic acid groups (broad SMARTS) is 1. The summed E-state index contributed by atoms with van der Waals surface area (Å²) in [6.07, 6.45) is 9.49. The van der Waals surface area contributed by atoms with Crippen molar-refractivity contribution in [2.75, 3.05) is 0 Å². The van der Waals surface area contributed by atoms with E-state index in [1.54, 1.807) is 0 Å². The Labute approximate surface area is 86.0 Å². The first-order valence-corrected chi connectivity index (χ1v) is 5.58. The number of allylic oxidation sites excluding steroid dienone is 1. The molecule has 1 aliphatic rings. The molecule has 1 rings (SSSR count). The van der Waals surface area contributed by atoms with Gasteiger partial charge < -0.3 is 5.11 Å². The van der Waals surface area contributed by atoms with Gasteiger partial charge in [-0.15, -0.1) is 6.58 Å². The number of carbonyl (C=O) groups is 1. The van der Waals surface area contributed by atoms with E-state index in [1.165, 1.54) is 32.1 Å². The van der Waals surface area contributed by atoms with Gasteiger partial charge in [0.1, 0.15) is 0 Å². The molecule has 0 heterocycles. The number of aliphatic carboxylic acids is 1. The van der Waals surface area contributed by atoms with Gasteiger partial charge in [-0.25, -0.2) is 0 Å². The average Bonchev–Trinajstić information content (AvgIpc) is 2.20. The van der Waals surface area contributed by atoms with Gasteiger partial charge in [0.2, 0.25) is 0 Å². The summed E-state index contributed by atoms with van der Waals surface area (Å²) in [4.78, 5) is 10.5. The fourth-order valence-corrected chi connectivity index (χ4v) is 2.40. The summed E-state index contributed by atoms with van der Waals surface area (Å²) in [6, 6.07) is 0. The highest BCUT2D eigenvalue weighted by molar-refractivity contribution is 5.66. The molecule has 0 aromatic carbocycles. The number of carboxylic acids is 1. The van der Waals surface area contributed by atoms with E-state index in [9.17, 15) is 4.79 Å². The molecule has 1 fully saturated rings. The van der Waals surface area contributed by atoms with E-state index in [4.69, 9.17) is 5.11 Å². The summed E-state index contributed by atoms with van der Waals surface area (Å²) >= 11 is 0. The molecule has 0 aliphatic heterocycles. The number of hydrogen-bond donors (Lipinski definition) is 1. The van der Waals surface area contributed by atoms with E-state index in [1.807, 2.05) is 6.08 Å². The van der Waals surface area contributed by atoms with E-state index in [0.717, 1.165) is 6.42 Å². The lowest BCUT2D eigenvalue weighted by molar-refractivity contribution is -0.137. The predicted molar refractivity (Wildman–Crippen MR) is 57.1 cm³/mol. The molecule has 0 radical (unpaired) electrons. The molecule has 1 N–H and O–H groups in total. The van der Waals surface area contributed by atoms with Crippen molar-refractivity contribution in [1.29, 1.82) is 0 Å². The second-order valence-electron chi connectivity index (χ2n) is 4.23. The van der Waals surface area contributed by atoms with E-state index in [-0.39, 0.29) is 6.42 Å². The molecule has 0 aromatic heterocycles. The van der Waals surface area contributed by atoms with Crippen LogP contribution in [0.1, 0.15) is 44.9 Å². The zero-order valence-electron chi connectivity index (χ0n) is 8.74. The molecule has 0 spiro atoms. The third-order valence-electron chi connectivity index (χ3n) is 3.25. The van der Waals surface area contributed by atoms with Gasteiger partial charge in [0, 0.05) is 6.42 Å². The van der Waals surface area contributed by atoms with Crippen LogP contribution in [0, 0.1) is 11.8 Å². The molecule has 1 aliphatic carbocycles. The largest absolute Gasteiger partial charge is 0.481 e. The van der Waals surface area contributed by atoms with Crippen molar-refractivity contribution in [2.24, 2.45) is 11.8 Å². The molecule has 2 heteroatoms. The SMILES string of the molecule is C=CC(CCC(=O)O)C1CCCCC1. The second-order valence-corrected chi connectivity index (χ2v) is 4.23. The Hall–Kier alpha value is -0.790. The van der Waals surface area contributed by atoms with Crippen LogP contribution in [0.25, 0.3) is 0 Å². The minimum atomic E-state index is -0.687. The van der Waals surface area contributed by atoms with Gasteiger partial charge >= 0.3 is 5.97 Å². The normalized spacial score (nSPS) is 20.3. The lowest BCUT2D eigenvalue weighted by Crippen LogP contribution is -2.17. The number of rotatable bonds is 5. The fraction of sp³-hybridized carbons (Fsp3) is 0.750. The first-order valence-electron chi connectivity index (χ1n) is 5.58. The molecule has 1 atom stereocenters. The summed E-state index contributed by atoms with van der Waals surface area (Å²) in [6.45, 7) is 3.82. The van der Waals surface area contributed by atoms with Crippen LogP contribution in [0.2, 0.25) is 0 Å². The molecule has 1 saturated carbocycles. The maximum Gasteiger partial charge on any atom is 0.303 e.